The van der Waals surface area contributed by atoms with Gasteiger partial charge in [-0.3, -0.25) is 9.69 Å². The summed E-state index contributed by atoms with van der Waals surface area (Å²) in [6, 6.07) is 24.6. The smallest absolute Gasteiger partial charge is 0.252 e. The number of carbonyl (C=O) groups is 1. The number of aryl methyl sites for hydroxylation is 2. The summed E-state index contributed by atoms with van der Waals surface area (Å²) in [5.41, 5.74) is 11.2. The van der Waals surface area contributed by atoms with Crippen molar-refractivity contribution in [1.29, 1.82) is 0 Å². The minimum absolute atomic E-state index is 0.170. The second-order valence-electron chi connectivity index (χ2n) is 6.59. The van der Waals surface area contributed by atoms with Crippen molar-refractivity contribution in [2.75, 3.05) is 4.90 Å². The Hall–Kier alpha value is -3.17. The Balaban J connectivity index is 1.97. The summed E-state index contributed by atoms with van der Waals surface area (Å²) in [5.74, 6) is -0.170. The third kappa shape index (κ3) is 4.52. The van der Waals surface area contributed by atoms with Gasteiger partial charge in [0.05, 0.1) is 0 Å². The van der Waals surface area contributed by atoms with Gasteiger partial charge in [-0.1, -0.05) is 66.7 Å². The molecule has 3 aromatic rings. The number of hydrogen-bond donors (Lipinski definition) is 1. The molecule has 3 aromatic carbocycles. The third-order valence-corrected chi connectivity index (χ3v) is 4.65. The zero-order chi connectivity index (χ0) is 19.2. The number of amides is 1. The zero-order valence-electron chi connectivity index (χ0n) is 15.7. The van der Waals surface area contributed by atoms with E-state index in [1.54, 1.807) is 11.1 Å². The lowest BCUT2D eigenvalue weighted by atomic mass is 10.1. The summed E-state index contributed by atoms with van der Waals surface area (Å²) in [6.45, 7) is 4.10. The van der Waals surface area contributed by atoms with Crippen molar-refractivity contribution >= 4 is 17.7 Å². The van der Waals surface area contributed by atoms with E-state index in [1.165, 1.54) is 5.56 Å². The Morgan fingerprint density at radius 2 is 1.52 bits per heavy atom. The number of rotatable bonds is 5. The molecule has 0 heterocycles. The second-order valence-corrected chi connectivity index (χ2v) is 6.59. The van der Waals surface area contributed by atoms with E-state index in [1.807, 2.05) is 91.9 Å². The van der Waals surface area contributed by atoms with Crippen molar-refractivity contribution in [2.45, 2.75) is 19.9 Å². The van der Waals surface area contributed by atoms with Crippen molar-refractivity contribution < 1.29 is 4.79 Å². The van der Waals surface area contributed by atoms with Crippen molar-refractivity contribution in [3.8, 4) is 0 Å². The topological polar surface area (TPSA) is 46.3 Å². The quantitative estimate of drug-likeness (QED) is 0.699. The maximum absolute atomic E-state index is 13.2. The molecule has 27 heavy (non-hydrogen) atoms. The molecule has 0 spiro atoms. The van der Waals surface area contributed by atoms with Gasteiger partial charge in [-0.2, -0.15) is 0 Å². The van der Waals surface area contributed by atoms with Crippen molar-refractivity contribution in [1.82, 2.24) is 0 Å². The largest absolute Gasteiger partial charge is 0.316 e. The fraction of sp³-hybridized carbons (Fsp3) is 0.125. The summed E-state index contributed by atoms with van der Waals surface area (Å²) >= 11 is 0. The van der Waals surface area contributed by atoms with Gasteiger partial charge in [-0.15, -0.1) is 0 Å². The molecule has 1 amide bonds. The molecule has 0 fully saturated rings. The molecule has 0 bridgehead atoms. The zero-order valence-corrected chi connectivity index (χ0v) is 15.7. The normalized spacial score (nSPS) is 12.1. The van der Waals surface area contributed by atoms with Crippen LogP contribution in [0.5, 0.6) is 0 Å². The minimum Gasteiger partial charge on any atom is -0.316 e. The van der Waals surface area contributed by atoms with Crippen molar-refractivity contribution in [2.24, 2.45) is 5.73 Å². The number of benzene rings is 3. The van der Waals surface area contributed by atoms with Gasteiger partial charge >= 0.3 is 0 Å². The van der Waals surface area contributed by atoms with Crippen LogP contribution in [0, 0.1) is 13.8 Å². The number of carbonyl (C=O) groups excluding carboxylic acids is 1. The molecule has 2 N–H and O–H groups in total. The predicted octanol–water partition coefficient (Wildman–Crippen LogP) is 5.01. The molecule has 3 heteroatoms. The number of nitrogens with zero attached hydrogens (tertiary/aromatic N) is 1. The second kappa shape index (κ2) is 8.47. The van der Waals surface area contributed by atoms with E-state index < -0.39 is 6.04 Å². The van der Waals surface area contributed by atoms with Gasteiger partial charge in [0.2, 0.25) is 0 Å². The van der Waals surface area contributed by atoms with Gasteiger partial charge in [0, 0.05) is 11.9 Å². The molecule has 0 aromatic heterocycles. The van der Waals surface area contributed by atoms with Gasteiger partial charge in [0.1, 0.15) is 6.04 Å². The van der Waals surface area contributed by atoms with E-state index in [0.29, 0.717) is 0 Å². The van der Waals surface area contributed by atoms with E-state index in [0.717, 1.165) is 22.4 Å². The van der Waals surface area contributed by atoms with Crippen molar-refractivity contribution in [3.63, 3.8) is 0 Å². The Morgan fingerprint density at radius 1 is 0.889 bits per heavy atom. The average Bonchev–Trinajstić information content (AvgIpc) is 2.71. The molecule has 0 aliphatic carbocycles. The summed E-state index contributed by atoms with van der Waals surface area (Å²) in [6.07, 6.45) is 3.72. The van der Waals surface area contributed by atoms with Crippen LogP contribution >= 0.6 is 0 Å². The maximum atomic E-state index is 13.2. The maximum Gasteiger partial charge on any atom is 0.252 e. The molecular weight excluding hydrogens is 332 g/mol. The fourth-order valence-electron chi connectivity index (χ4n) is 2.84. The van der Waals surface area contributed by atoms with Gasteiger partial charge in [-0.25, -0.2) is 0 Å². The highest BCUT2D eigenvalue weighted by molar-refractivity contribution is 6.00. The molecule has 0 saturated heterocycles. The van der Waals surface area contributed by atoms with E-state index in [9.17, 15) is 4.79 Å². The SMILES string of the molecule is Cc1ccc(N(C=Cc2ccccc2)C(=O)[C@@H](N)c2ccccc2)cc1C. The minimum atomic E-state index is -0.728. The molecule has 1 atom stereocenters. The van der Waals surface area contributed by atoms with Crippen LogP contribution in [0.2, 0.25) is 0 Å². The lowest BCUT2D eigenvalue weighted by Crippen LogP contribution is -2.35. The predicted molar refractivity (Wildman–Crippen MR) is 112 cm³/mol. The Labute approximate surface area is 160 Å². The Morgan fingerprint density at radius 3 is 2.15 bits per heavy atom. The molecular formula is C24H24N2O. The van der Waals surface area contributed by atoms with Crippen molar-refractivity contribution in [3.05, 3.63) is 107 Å². The van der Waals surface area contributed by atoms with Gasteiger partial charge < -0.3 is 5.73 Å². The van der Waals surface area contributed by atoms with Gasteiger partial charge in [0.25, 0.3) is 5.91 Å². The van der Waals surface area contributed by atoms with E-state index in [2.05, 4.69) is 6.92 Å². The van der Waals surface area contributed by atoms with Crippen LogP contribution in [-0.4, -0.2) is 5.91 Å². The van der Waals surface area contributed by atoms with Gasteiger partial charge in [0.15, 0.2) is 0 Å². The summed E-state index contributed by atoms with van der Waals surface area (Å²) in [7, 11) is 0. The van der Waals surface area contributed by atoms with E-state index >= 15 is 0 Å². The van der Waals surface area contributed by atoms with Crippen LogP contribution in [0.25, 0.3) is 6.08 Å². The first-order chi connectivity index (χ1) is 13.1. The molecule has 136 valence electrons. The Bertz CT molecular complexity index is 933. The highest BCUT2D eigenvalue weighted by atomic mass is 16.2. The average molecular weight is 356 g/mol. The highest BCUT2D eigenvalue weighted by Crippen LogP contribution is 2.23. The van der Waals surface area contributed by atoms with Crippen LogP contribution in [0.4, 0.5) is 5.69 Å². The fourth-order valence-corrected chi connectivity index (χ4v) is 2.84. The van der Waals surface area contributed by atoms with Crippen LogP contribution in [0.3, 0.4) is 0 Å². The van der Waals surface area contributed by atoms with E-state index in [4.69, 9.17) is 5.73 Å². The summed E-state index contributed by atoms with van der Waals surface area (Å²) in [4.78, 5) is 14.8. The molecule has 0 aliphatic heterocycles. The van der Waals surface area contributed by atoms with Crippen LogP contribution < -0.4 is 10.6 Å². The highest BCUT2D eigenvalue weighted by Gasteiger charge is 2.22. The summed E-state index contributed by atoms with van der Waals surface area (Å²) < 4.78 is 0. The summed E-state index contributed by atoms with van der Waals surface area (Å²) in [5, 5.41) is 0. The number of hydrogen-bond acceptors (Lipinski definition) is 2. The monoisotopic (exact) mass is 356 g/mol. The lowest BCUT2D eigenvalue weighted by molar-refractivity contribution is -0.119. The third-order valence-electron chi connectivity index (χ3n) is 4.65. The van der Waals surface area contributed by atoms with Crippen LogP contribution in [0.1, 0.15) is 28.3 Å². The molecule has 0 unspecified atom stereocenters. The Kier molecular flexibility index (Phi) is 5.84. The molecule has 0 radical (unpaired) electrons. The number of nitrogens with two attached hydrogens (primary N) is 1. The standard InChI is InChI=1S/C24H24N2O/c1-18-13-14-22(17-19(18)2)26(16-15-20-9-5-3-6-10-20)24(27)23(25)21-11-7-4-8-12-21/h3-17,23H,25H2,1-2H3/t23-/m0/s1. The first-order valence-electron chi connectivity index (χ1n) is 9.00. The number of anilines is 1. The molecule has 0 aliphatic rings. The first kappa shape index (κ1) is 18.6. The lowest BCUT2D eigenvalue weighted by Gasteiger charge is -2.23. The van der Waals surface area contributed by atoms with Crippen LogP contribution in [0.15, 0.2) is 85.1 Å². The molecule has 0 saturated carbocycles. The van der Waals surface area contributed by atoms with Crippen LogP contribution in [-0.2, 0) is 4.79 Å². The van der Waals surface area contributed by atoms with Gasteiger partial charge in [-0.05, 0) is 54.3 Å². The molecule has 3 rings (SSSR count). The first-order valence-corrected chi connectivity index (χ1v) is 9.00. The molecule has 3 nitrogen and oxygen atoms in total. The van der Waals surface area contributed by atoms with E-state index in [-0.39, 0.29) is 5.91 Å².